The maximum absolute atomic E-state index is 13.1. The predicted octanol–water partition coefficient (Wildman–Crippen LogP) is 4.38. The normalized spacial score (nSPS) is 12.4. The highest BCUT2D eigenvalue weighted by molar-refractivity contribution is 6.08. The first-order valence-electron chi connectivity index (χ1n) is 10.1. The lowest BCUT2D eigenvalue weighted by Crippen LogP contribution is -2.16. The van der Waals surface area contributed by atoms with E-state index in [2.05, 4.69) is 10.6 Å². The molecule has 0 saturated carbocycles. The van der Waals surface area contributed by atoms with Gasteiger partial charge in [-0.1, -0.05) is 6.07 Å². The summed E-state index contributed by atoms with van der Waals surface area (Å²) in [5.41, 5.74) is 5.28. The smallest absolute Gasteiger partial charge is 0.257 e. The second kappa shape index (κ2) is 8.18. The lowest BCUT2D eigenvalue weighted by molar-refractivity contribution is -0.114. The second-order valence-corrected chi connectivity index (χ2v) is 7.63. The van der Waals surface area contributed by atoms with E-state index in [0.717, 1.165) is 28.4 Å². The van der Waals surface area contributed by atoms with Crippen LogP contribution in [-0.2, 0) is 4.79 Å². The van der Waals surface area contributed by atoms with E-state index >= 15 is 0 Å². The Kier molecular flexibility index (Phi) is 5.42. The summed E-state index contributed by atoms with van der Waals surface area (Å²) in [6.45, 7) is 8.28. The van der Waals surface area contributed by atoms with Gasteiger partial charge >= 0.3 is 0 Å². The van der Waals surface area contributed by atoms with Crippen molar-refractivity contribution in [1.29, 1.82) is 0 Å². The lowest BCUT2D eigenvalue weighted by Gasteiger charge is -2.20. The number of aryl methyl sites for hydroxylation is 2. The molecule has 0 fully saturated rings. The summed E-state index contributed by atoms with van der Waals surface area (Å²) < 4.78 is 13.3. The zero-order valence-electron chi connectivity index (χ0n) is 18.0. The topological polar surface area (TPSA) is 81.6 Å². The Labute approximate surface area is 181 Å². The number of nitrogens with one attached hydrogen (secondary N) is 2. The van der Waals surface area contributed by atoms with Crippen molar-refractivity contribution in [2.75, 3.05) is 23.8 Å². The summed E-state index contributed by atoms with van der Waals surface area (Å²) in [6.07, 6.45) is 0. The third-order valence-corrected chi connectivity index (χ3v) is 5.19. The van der Waals surface area contributed by atoms with Crippen LogP contribution >= 0.6 is 0 Å². The second-order valence-electron chi connectivity index (χ2n) is 7.63. The van der Waals surface area contributed by atoms with Gasteiger partial charge in [-0.2, -0.15) is 0 Å². The van der Waals surface area contributed by atoms with E-state index in [0.29, 0.717) is 35.9 Å². The summed E-state index contributed by atoms with van der Waals surface area (Å²) in [5, 5.41) is 5.70. The predicted molar refractivity (Wildman–Crippen MR) is 120 cm³/mol. The molecule has 7 heteroatoms. The van der Waals surface area contributed by atoms with Gasteiger partial charge in [0.25, 0.3) is 5.91 Å². The molecule has 2 N–H and O–H groups in total. The van der Waals surface area contributed by atoms with Gasteiger partial charge < -0.3 is 24.7 Å². The highest BCUT2D eigenvalue weighted by Gasteiger charge is 2.20. The van der Waals surface area contributed by atoms with Gasteiger partial charge in [0, 0.05) is 30.1 Å². The van der Waals surface area contributed by atoms with Gasteiger partial charge in [0.15, 0.2) is 11.5 Å². The van der Waals surface area contributed by atoms with Crippen LogP contribution in [0.5, 0.6) is 11.5 Å². The van der Waals surface area contributed by atoms with Gasteiger partial charge in [0.2, 0.25) is 5.91 Å². The fourth-order valence-corrected chi connectivity index (χ4v) is 3.81. The van der Waals surface area contributed by atoms with Gasteiger partial charge in [-0.05, 0) is 56.7 Å². The first-order valence-corrected chi connectivity index (χ1v) is 10.1. The summed E-state index contributed by atoms with van der Waals surface area (Å²) in [5.74, 6) is 0.979. The molecule has 0 saturated heterocycles. The van der Waals surface area contributed by atoms with Crippen molar-refractivity contribution in [2.45, 2.75) is 27.7 Å². The third-order valence-electron chi connectivity index (χ3n) is 5.19. The van der Waals surface area contributed by atoms with Crippen LogP contribution in [0.4, 0.5) is 11.4 Å². The average molecular weight is 419 g/mol. The van der Waals surface area contributed by atoms with E-state index in [4.69, 9.17) is 9.47 Å². The summed E-state index contributed by atoms with van der Waals surface area (Å²) in [7, 11) is 0. The van der Waals surface area contributed by atoms with Crippen LogP contribution in [0.15, 0.2) is 42.5 Å². The molecule has 1 aliphatic heterocycles. The fourth-order valence-electron chi connectivity index (χ4n) is 3.81. The molecule has 1 aliphatic rings. The molecule has 2 amide bonds. The molecule has 0 aliphatic carbocycles. The minimum Gasteiger partial charge on any atom is -0.486 e. The van der Waals surface area contributed by atoms with E-state index in [1.54, 1.807) is 6.07 Å². The Hall–Kier alpha value is -3.74. The van der Waals surface area contributed by atoms with E-state index in [1.807, 2.05) is 61.7 Å². The van der Waals surface area contributed by atoms with Crippen molar-refractivity contribution in [3.8, 4) is 17.2 Å². The van der Waals surface area contributed by atoms with Gasteiger partial charge in [0.1, 0.15) is 13.2 Å². The number of aromatic nitrogens is 1. The SMILES string of the molecule is CC(=O)Nc1ccc(C)cc1NC(=O)c1cc(C)n(-c2ccc3c(c2)OCCO3)c1C. The van der Waals surface area contributed by atoms with Crippen LogP contribution in [0.25, 0.3) is 5.69 Å². The van der Waals surface area contributed by atoms with Crippen molar-refractivity contribution < 1.29 is 19.1 Å². The molecule has 160 valence electrons. The molecule has 2 aromatic carbocycles. The Morgan fingerprint density at radius 2 is 1.61 bits per heavy atom. The van der Waals surface area contributed by atoms with E-state index < -0.39 is 0 Å². The van der Waals surface area contributed by atoms with Crippen molar-refractivity contribution in [1.82, 2.24) is 4.57 Å². The van der Waals surface area contributed by atoms with E-state index in [1.165, 1.54) is 6.92 Å². The minimum absolute atomic E-state index is 0.198. The van der Waals surface area contributed by atoms with Gasteiger partial charge in [0.05, 0.1) is 16.9 Å². The standard InChI is InChI=1S/C24H25N3O4/c1-14-5-7-20(25-17(4)28)21(11-14)26-24(29)19-12-15(2)27(16(19)3)18-6-8-22-23(13-18)31-10-9-30-22/h5-8,11-13H,9-10H2,1-4H3,(H,25,28)(H,26,29). The first-order chi connectivity index (χ1) is 14.8. The van der Waals surface area contributed by atoms with Crippen molar-refractivity contribution in [2.24, 2.45) is 0 Å². The molecule has 0 unspecified atom stereocenters. The number of ether oxygens (including phenoxy) is 2. The highest BCUT2D eigenvalue weighted by atomic mass is 16.6. The van der Waals surface area contributed by atoms with Crippen LogP contribution in [0.1, 0.15) is 34.2 Å². The molecule has 31 heavy (non-hydrogen) atoms. The van der Waals surface area contributed by atoms with Crippen LogP contribution in [0, 0.1) is 20.8 Å². The van der Waals surface area contributed by atoms with E-state index in [-0.39, 0.29) is 11.8 Å². The Bertz CT molecular complexity index is 1180. The number of fused-ring (bicyclic) bond motifs is 1. The number of hydrogen-bond donors (Lipinski definition) is 2. The molecule has 0 atom stereocenters. The Balaban J connectivity index is 1.66. The Morgan fingerprint density at radius 1 is 0.871 bits per heavy atom. The van der Waals surface area contributed by atoms with Gasteiger partial charge in [-0.15, -0.1) is 0 Å². The monoisotopic (exact) mass is 419 g/mol. The zero-order chi connectivity index (χ0) is 22.1. The highest BCUT2D eigenvalue weighted by Crippen LogP contribution is 2.33. The number of nitrogens with zero attached hydrogens (tertiary/aromatic N) is 1. The van der Waals surface area contributed by atoms with Gasteiger partial charge in [-0.25, -0.2) is 0 Å². The number of benzene rings is 2. The number of rotatable bonds is 4. The number of hydrogen-bond acceptors (Lipinski definition) is 4. The molecule has 4 rings (SSSR count). The molecular weight excluding hydrogens is 394 g/mol. The van der Waals surface area contributed by atoms with Crippen molar-refractivity contribution in [3.63, 3.8) is 0 Å². The molecule has 2 heterocycles. The molecule has 7 nitrogen and oxygen atoms in total. The van der Waals surface area contributed by atoms with Crippen LogP contribution in [0.3, 0.4) is 0 Å². The maximum atomic E-state index is 13.1. The zero-order valence-corrected chi connectivity index (χ0v) is 18.0. The summed E-state index contributed by atoms with van der Waals surface area (Å²) >= 11 is 0. The Morgan fingerprint density at radius 3 is 2.35 bits per heavy atom. The molecular formula is C24H25N3O4. The third kappa shape index (κ3) is 4.12. The number of anilines is 2. The van der Waals surface area contributed by atoms with Crippen molar-refractivity contribution in [3.05, 3.63) is 65.0 Å². The summed E-state index contributed by atoms with van der Waals surface area (Å²) in [4.78, 5) is 24.7. The first kappa shape index (κ1) is 20.5. The minimum atomic E-state index is -0.242. The lowest BCUT2D eigenvalue weighted by atomic mass is 10.1. The molecule has 3 aromatic rings. The quantitative estimate of drug-likeness (QED) is 0.657. The van der Waals surface area contributed by atoms with Crippen LogP contribution in [0.2, 0.25) is 0 Å². The molecule has 0 spiro atoms. The molecule has 0 radical (unpaired) electrons. The average Bonchev–Trinajstić information content (AvgIpc) is 3.03. The van der Waals surface area contributed by atoms with Crippen molar-refractivity contribution >= 4 is 23.2 Å². The molecule has 1 aromatic heterocycles. The summed E-state index contributed by atoms with van der Waals surface area (Å²) in [6, 6.07) is 13.1. The van der Waals surface area contributed by atoms with Crippen LogP contribution in [-0.4, -0.2) is 29.6 Å². The number of carbonyl (C=O) groups excluding carboxylic acids is 2. The number of amides is 2. The van der Waals surface area contributed by atoms with Crippen LogP contribution < -0.4 is 20.1 Å². The van der Waals surface area contributed by atoms with E-state index in [9.17, 15) is 9.59 Å². The maximum Gasteiger partial charge on any atom is 0.257 e. The largest absolute Gasteiger partial charge is 0.486 e. The van der Waals surface area contributed by atoms with Gasteiger partial charge in [-0.3, -0.25) is 9.59 Å². The molecule has 0 bridgehead atoms. The fraction of sp³-hybridized carbons (Fsp3) is 0.250. The number of carbonyl (C=O) groups is 2.